The number of hydrogen-bond acceptors (Lipinski definition) is 5. The van der Waals surface area contributed by atoms with E-state index in [1.54, 1.807) is 18.2 Å². The molecule has 0 fully saturated rings. The van der Waals surface area contributed by atoms with Crippen LogP contribution in [0.3, 0.4) is 0 Å². The summed E-state index contributed by atoms with van der Waals surface area (Å²) in [4.78, 5) is 10.4. The Labute approximate surface area is 128 Å². The van der Waals surface area contributed by atoms with Crippen molar-refractivity contribution < 1.29 is 4.92 Å². The molecule has 0 aliphatic carbocycles. The molecule has 104 valence electrons. The fourth-order valence-corrected chi connectivity index (χ4v) is 2.34. The SMILES string of the molecule is NNc1cc(Nc2ccc(Br)cc2Cl)cc([N+](=O)[O-])c1. The van der Waals surface area contributed by atoms with Crippen molar-refractivity contribution in [1.82, 2.24) is 0 Å². The molecule has 20 heavy (non-hydrogen) atoms. The largest absolute Gasteiger partial charge is 0.354 e. The third-order valence-electron chi connectivity index (χ3n) is 2.51. The second-order valence-electron chi connectivity index (χ2n) is 3.92. The number of hydrogen-bond donors (Lipinski definition) is 3. The molecule has 0 saturated carbocycles. The molecule has 0 bridgehead atoms. The first kappa shape index (κ1) is 14.6. The predicted molar refractivity (Wildman–Crippen MR) is 83.3 cm³/mol. The number of hydrazine groups is 1. The van der Waals surface area contributed by atoms with Crippen LogP contribution in [0, 0.1) is 10.1 Å². The molecule has 0 aliphatic rings. The van der Waals surface area contributed by atoms with E-state index in [0.717, 1.165) is 4.47 Å². The highest BCUT2D eigenvalue weighted by molar-refractivity contribution is 9.10. The maximum Gasteiger partial charge on any atom is 0.273 e. The minimum Gasteiger partial charge on any atom is -0.354 e. The number of nitrogen functional groups attached to an aromatic ring is 1. The van der Waals surface area contributed by atoms with Crippen molar-refractivity contribution >= 4 is 50.3 Å². The first-order chi connectivity index (χ1) is 9.49. The van der Waals surface area contributed by atoms with Gasteiger partial charge in [0.2, 0.25) is 0 Å². The molecule has 4 N–H and O–H groups in total. The molecule has 2 aromatic carbocycles. The fraction of sp³-hybridized carbons (Fsp3) is 0. The van der Waals surface area contributed by atoms with E-state index in [0.29, 0.717) is 22.1 Å². The van der Waals surface area contributed by atoms with Crippen molar-refractivity contribution in [2.24, 2.45) is 5.84 Å². The number of non-ortho nitro benzene ring substituents is 1. The first-order valence-electron chi connectivity index (χ1n) is 5.48. The van der Waals surface area contributed by atoms with Crippen LogP contribution in [0.15, 0.2) is 40.9 Å². The van der Waals surface area contributed by atoms with Crippen LogP contribution in [-0.2, 0) is 0 Å². The zero-order chi connectivity index (χ0) is 14.7. The van der Waals surface area contributed by atoms with Gasteiger partial charge in [0.25, 0.3) is 5.69 Å². The average molecular weight is 358 g/mol. The number of nitrogens with one attached hydrogen (secondary N) is 2. The maximum absolute atomic E-state index is 10.9. The van der Waals surface area contributed by atoms with Crippen LogP contribution in [-0.4, -0.2) is 4.92 Å². The maximum atomic E-state index is 10.9. The highest BCUT2D eigenvalue weighted by atomic mass is 79.9. The van der Waals surface area contributed by atoms with Gasteiger partial charge in [-0.15, -0.1) is 0 Å². The molecule has 0 spiro atoms. The summed E-state index contributed by atoms with van der Waals surface area (Å²) in [5.74, 6) is 5.30. The molecule has 0 heterocycles. The number of benzene rings is 2. The lowest BCUT2D eigenvalue weighted by Crippen LogP contribution is -2.07. The van der Waals surface area contributed by atoms with E-state index in [4.69, 9.17) is 17.4 Å². The Bertz CT molecular complexity index is 666. The Morgan fingerprint density at radius 1 is 1.20 bits per heavy atom. The third-order valence-corrected chi connectivity index (χ3v) is 3.31. The van der Waals surface area contributed by atoms with Gasteiger partial charge in [0.1, 0.15) is 0 Å². The summed E-state index contributed by atoms with van der Waals surface area (Å²) in [5, 5.41) is 14.4. The first-order valence-corrected chi connectivity index (χ1v) is 6.65. The second kappa shape index (κ2) is 6.08. The number of nitro groups is 1. The zero-order valence-corrected chi connectivity index (χ0v) is 12.4. The molecule has 8 heteroatoms. The van der Waals surface area contributed by atoms with Crippen molar-refractivity contribution in [3.8, 4) is 0 Å². The summed E-state index contributed by atoms with van der Waals surface area (Å²) < 4.78 is 0.844. The number of nitro benzene ring substituents is 1. The van der Waals surface area contributed by atoms with Crippen LogP contribution in [0.1, 0.15) is 0 Å². The van der Waals surface area contributed by atoms with E-state index in [1.165, 1.54) is 12.1 Å². The minimum atomic E-state index is -0.491. The van der Waals surface area contributed by atoms with E-state index < -0.39 is 4.92 Å². The van der Waals surface area contributed by atoms with Gasteiger partial charge in [0, 0.05) is 22.3 Å². The van der Waals surface area contributed by atoms with E-state index >= 15 is 0 Å². The molecule has 6 nitrogen and oxygen atoms in total. The average Bonchev–Trinajstić information content (AvgIpc) is 2.41. The predicted octanol–water partition coefficient (Wildman–Crippen LogP) is 4.04. The Balaban J connectivity index is 2.37. The normalized spacial score (nSPS) is 10.2. The summed E-state index contributed by atoms with van der Waals surface area (Å²) in [6.45, 7) is 0. The molecule has 2 rings (SSSR count). The number of anilines is 3. The van der Waals surface area contributed by atoms with Gasteiger partial charge in [-0.2, -0.15) is 0 Å². The molecule has 0 aromatic heterocycles. The fourth-order valence-electron chi connectivity index (χ4n) is 1.62. The Morgan fingerprint density at radius 3 is 2.50 bits per heavy atom. The zero-order valence-electron chi connectivity index (χ0n) is 10.1. The quantitative estimate of drug-likeness (QED) is 0.436. The summed E-state index contributed by atoms with van der Waals surface area (Å²) in [5.41, 5.74) is 3.89. The lowest BCUT2D eigenvalue weighted by atomic mass is 10.2. The third kappa shape index (κ3) is 3.38. The molecular weight excluding hydrogens is 348 g/mol. The minimum absolute atomic E-state index is 0.0730. The van der Waals surface area contributed by atoms with Crippen LogP contribution < -0.4 is 16.6 Å². The van der Waals surface area contributed by atoms with Gasteiger partial charge in [-0.25, -0.2) is 0 Å². The number of halogens is 2. The molecule has 0 unspecified atom stereocenters. The molecule has 2 aromatic rings. The van der Waals surface area contributed by atoms with Crippen LogP contribution in [0.25, 0.3) is 0 Å². The molecule has 0 atom stereocenters. The van der Waals surface area contributed by atoms with E-state index in [1.807, 2.05) is 6.07 Å². The topological polar surface area (TPSA) is 93.2 Å². The highest BCUT2D eigenvalue weighted by Gasteiger charge is 2.10. The second-order valence-corrected chi connectivity index (χ2v) is 5.24. The van der Waals surface area contributed by atoms with Crippen LogP contribution in [0.2, 0.25) is 5.02 Å². The Morgan fingerprint density at radius 2 is 1.90 bits per heavy atom. The van der Waals surface area contributed by atoms with Crippen molar-refractivity contribution in [1.29, 1.82) is 0 Å². The lowest BCUT2D eigenvalue weighted by molar-refractivity contribution is -0.384. The van der Waals surface area contributed by atoms with Gasteiger partial charge in [-0.1, -0.05) is 27.5 Å². The standard InChI is InChI=1S/C12H10BrClN4O2/c13-7-1-2-12(11(14)3-7)16-8-4-9(17-15)6-10(5-8)18(19)20/h1-6,16-17H,15H2. The van der Waals surface area contributed by atoms with E-state index in [-0.39, 0.29) is 5.69 Å². The molecule has 0 saturated heterocycles. The molecular formula is C12H10BrClN4O2. The molecule has 0 amide bonds. The van der Waals surface area contributed by atoms with Gasteiger partial charge in [0.15, 0.2) is 0 Å². The van der Waals surface area contributed by atoms with Gasteiger partial charge < -0.3 is 10.7 Å². The van der Waals surface area contributed by atoms with Crippen molar-refractivity contribution in [3.63, 3.8) is 0 Å². The van der Waals surface area contributed by atoms with Crippen LogP contribution in [0.4, 0.5) is 22.7 Å². The summed E-state index contributed by atoms with van der Waals surface area (Å²) >= 11 is 9.40. The number of nitrogens with two attached hydrogens (primary N) is 1. The number of rotatable bonds is 4. The summed E-state index contributed by atoms with van der Waals surface area (Å²) in [6, 6.07) is 9.69. The molecule has 0 radical (unpaired) electrons. The number of nitrogens with zero attached hydrogens (tertiary/aromatic N) is 1. The lowest BCUT2D eigenvalue weighted by Gasteiger charge is -2.10. The Kier molecular flexibility index (Phi) is 4.43. The van der Waals surface area contributed by atoms with Gasteiger partial charge >= 0.3 is 0 Å². The van der Waals surface area contributed by atoms with Crippen molar-refractivity contribution in [3.05, 3.63) is 56.0 Å². The van der Waals surface area contributed by atoms with Crippen LogP contribution in [0.5, 0.6) is 0 Å². The van der Waals surface area contributed by atoms with E-state index in [2.05, 4.69) is 26.7 Å². The Hall–Kier alpha value is -1.83. The smallest absolute Gasteiger partial charge is 0.273 e. The summed E-state index contributed by atoms with van der Waals surface area (Å²) in [7, 11) is 0. The van der Waals surface area contributed by atoms with Gasteiger partial charge in [0.05, 0.1) is 21.3 Å². The van der Waals surface area contributed by atoms with Gasteiger partial charge in [-0.3, -0.25) is 16.0 Å². The van der Waals surface area contributed by atoms with Crippen LogP contribution >= 0.6 is 27.5 Å². The van der Waals surface area contributed by atoms with Crippen molar-refractivity contribution in [2.75, 3.05) is 10.7 Å². The summed E-state index contributed by atoms with van der Waals surface area (Å²) in [6.07, 6.45) is 0. The van der Waals surface area contributed by atoms with Gasteiger partial charge in [-0.05, 0) is 24.3 Å². The highest BCUT2D eigenvalue weighted by Crippen LogP contribution is 2.31. The molecule has 0 aliphatic heterocycles. The van der Waals surface area contributed by atoms with Crippen molar-refractivity contribution in [2.45, 2.75) is 0 Å². The monoisotopic (exact) mass is 356 g/mol. The van der Waals surface area contributed by atoms with E-state index in [9.17, 15) is 10.1 Å².